The second-order valence-corrected chi connectivity index (χ2v) is 2.13. The number of hydrogen-bond acceptors (Lipinski definition) is 6. The van der Waals surface area contributed by atoms with E-state index in [4.69, 9.17) is 10.2 Å². The Bertz CT molecular complexity index is 143. The van der Waals surface area contributed by atoms with Crippen molar-refractivity contribution in [1.82, 2.24) is 0 Å². The van der Waals surface area contributed by atoms with Gasteiger partial charge in [0.2, 0.25) is 0 Å². The van der Waals surface area contributed by atoms with Gasteiger partial charge in [0, 0.05) is 13.8 Å². The number of rotatable bonds is 4. The maximum absolute atomic E-state index is 10.1. The summed E-state index contributed by atoms with van der Waals surface area (Å²) in [6, 6.07) is 0. The summed E-state index contributed by atoms with van der Waals surface area (Å²) in [5.74, 6) is -0.737. The Morgan fingerprint density at radius 3 is 1.33 bits per heavy atom. The Labute approximate surface area is 105 Å². The van der Waals surface area contributed by atoms with Crippen molar-refractivity contribution in [2.75, 3.05) is 26.4 Å². The van der Waals surface area contributed by atoms with E-state index >= 15 is 0 Å². The van der Waals surface area contributed by atoms with Crippen LogP contribution in [0.4, 0.5) is 0 Å². The molecule has 0 aliphatic heterocycles. The minimum absolute atomic E-state index is 0. The van der Waals surface area contributed by atoms with Crippen LogP contribution in [-0.2, 0) is 19.1 Å². The third-order valence-corrected chi connectivity index (χ3v) is 0.794. The molecule has 0 aliphatic carbocycles. The van der Waals surface area contributed by atoms with E-state index in [1.165, 1.54) is 13.8 Å². The van der Waals surface area contributed by atoms with Crippen LogP contribution >= 0.6 is 0 Å². The van der Waals surface area contributed by atoms with Gasteiger partial charge in [0.15, 0.2) is 0 Å². The van der Waals surface area contributed by atoms with Gasteiger partial charge in [-0.25, -0.2) is 0 Å². The van der Waals surface area contributed by atoms with Crippen molar-refractivity contribution in [3.8, 4) is 0 Å². The lowest BCUT2D eigenvalue weighted by molar-refractivity contribution is -0.149. The van der Waals surface area contributed by atoms with Crippen LogP contribution in [0.5, 0.6) is 0 Å². The topological polar surface area (TPSA) is 93.1 Å². The molecule has 0 rings (SSSR count). The third kappa shape index (κ3) is 31.7. The highest BCUT2D eigenvalue weighted by atomic mass is 24.3. The molecule has 15 heavy (non-hydrogen) atoms. The van der Waals surface area contributed by atoms with E-state index < -0.39 is 0 Å². The van der Waals surface area contributed by atoms with Crippen molar-refractivity contribution in [2.24, 2.45) is 0 Å². The van der Waals surface area contributed by atoms with Gasteiger partial charge >= 0.3 is 35.0 Å². The SMILES string of the molecule is CC(=O)OCCOC(C)=O.OCCO.[MgH2]. The molecule has 0 radical (unpaired) electrons. The number of aliphatic hydroxyl groups excluding tert-OH is 2. The quantitative estimate of drug-likeness (QED) is 0.338. The Morgan fingerprint density at radius 1 is 0.933 bits per heavy atom. The van der Waals surface area contributed by atoms with Gasteiger partial charge in [-0.15, -0.1) is 0 Å². The van der Waals surface area contributed by atoms with Gasteiger partial charge in [-0.2, -0.15) is 0 Å². The molecule has 0 unspecified atom stereocenters. The first kappa shape index (κ1) is 20.1. The number of esters is 2. The molecule has 0 heterocycles. The average molecular weight is 235 g/mol. The molecule has 0 saturated heterocycles. The van der Waals surface area contributed by atoms with Gasteiger partial charge in [0.1, 0.15) is 13.2 Å². The van der Waals surface area contributed by atoms with Gasteiger partial charge < -0.3 is 19.7 Å². The molecule has 6 nitrogen and oxygen atoms in total. The first-order valence-electron chi connectivity index (χ1n) is 4.03. The second kappa shape index (κ2) is 16.1. The van der Waals surface area contributed by atoms with E-state index in [1.807, 2.05) is 0 Å². The van der Waals surface area contributed by atoms with Crippen molar-refractivity contribution in [3.63, 3.8) is 0 Å². The van der Waals surface area contributed by atoms with E-state index in [2.05, 4.69) is 9.47 Å². The van der Waals surface area contributed by atoms with Crippen LogP contribution in [0.25, 0.3) is 0 Å². The Kier molecular flexibility index (Phi) is 21.5. The van der Waals surface area contributed by atoms with Crippen LogP contribution in [0.3, 0.4) is 0 Å². The standard InChI is InChI=1S/C6H10O4.C2H6O2.Mg.2H/c1-5(7)9-3-4-10-6(2)8;3-1-2-4;;;/h3-4H2,1-2H3;3-4H,1-2H2;;;. The fourth-order valence-corrected chi connectivity index (χ4v) is 0.371. The monoisotopic (exact) mass is 234 g/mol. The van der Waals surface area contributed by atoms with Crippen LogP contribution in [0.1, 0.15) is 13.8 Å². The molecular formula is C8H18MgO6. The Balaban J connectivity index is -0.000000249. The highest BCUT2D eigenvalue weighted by molar-refractivity contribution is 5.75. The molecule has 0 aromatic heterocycles. The van der Waals surface area contributed by atoms with Crippen LogP contribution in [-0.4, -0.2) is 71.6 Å². The van der Waals surface area contributed by atoms with Crippen molar-refractivity contribution < 1.29 is 29.3 Å². The summed E-state index contributed by atoms with van der Waals surface area (Å²) < 4.78 is 8.95. The highest BCUT2D eigenvalue weighted by Crippen LogP contribution is 1.79. The van der Waals surface area contributed by atoms with E-state index in [9.17, 15) is 9.59 Å². The summed E-state index contributed by atoms with van der Waals surface area (Å²) in [5, 5.41) is 15.2. The van der Waals surface area contributed by atoms with Gasteiger partial charge in [-0.1, -0.05) is 0 Å². The molecular weight excluding hydrogens is 216 g/mol. The zero-order valence-corrected chi connectivity index (χ0v) is 8.36. The molecule has 0 fully saturated rings. The third-order valence-electron chi connectivity index (χ3n) is 0.794. The maximum atomic E-state index is 10.1. The van der Waals surface area contributed by atoms with Crippen LogP contribution < -0.4 is 0 Å². The first-order valence-corrected chi connectivity index (χ1v) is 4.03. The molecule has 88 valence electrons. The van der Waals surface area contributed by atoms with E-state index in [0.717, 1.165) is 0 Å². The van der Waals surface area contributed by atoms with Crippen molar-refractivity contribution in [2.45, 2.75) is 13.8 Å². The molecule has 0 spiro atoms. The average Bonchev–Trinajstić information content (AvgIpc) is 2.12. The predicted octanol–water partition coefficient (Wildman–Crippen LogP) is -1.83. The minimum Gasteiger partial charge on any atom is -0.462 e. The summed E-state index contributed by atoms with van der Waals surface area (Å²) in [5.41, 5.74) is 0. The van der Waals surface area contributed by atoms with Crippen LogP contribution in [0.2, 0.25) is 0 Å². The molecule has 0 aromatic rings. The Hall–Kier alpha value is -0.374. The summed E-state index contributed by atoms with van der Waals surface area (Å²) in [4.78, 5) is 20.3. The van der Waals surface area contributed by atoms with Gasteiger partial charge in [0.25, 0.3) is 0 Å². The molecule has 0 atom stereocenters. The fraction of sp³-hybridized carbons (Fsp3) is 0.750. The first-order chi connectivity index (χ1) is 6.54. The van der Waals surface area contributed by atoms with Gasteiger partial charge in [-0.3, -0.25) is 9.59 Å². The lowest BCUT2D eigenvalue weighted by atomic mass is 10.7. The van der Waals surface area contributed by atoms with Gasteiger partial charge in [0.05, 0.1) is 13.2 Å². The normalized spacial score (nSPS) is 7.73. The zero-order chi connectivity index (χ0) is 11.4. The molecule has 0 saturated carbocycles. The zero-order valence-electron chi connectivity index (χ0n) is 8.36. The summed E-state index contributed by atoms with van der Waals surface area (Å²) >= 11 is 0. The number of aliphatic hydroxyl groups is 2. The molecule has 0 amide bonds. The van der Waals surface area contributed by atoms with Crippen molar-refractivity contribution in [3.05, 3.63) is 0 Å². The largest absolute Gasteiger partial charge is 0.462 e. The lowest BCUT2D eigenvalue weighted by Crippen LogP contribution is -2.09. The smallest absolute Gasteiger partial charge is 0.316 e. The predicted molar refractivity (Wildman–Crippen MR) is 56.0 cm³/mol. The fourth-order valence-electron chi connectivity index (χ4n) is 0.371. The lowest BCUT2D eigenvalue weighted by Gasteiger charge is -2.00. The minimum atomic E-state index is -0.368. The number of hydrogen-bond donors (Lipinski definition) is 2. The summed E-state index contributed by atoms with van der Waals surface area (Å²) in [6.07, 6.45) is 0. The maximum Gasteiger partial charge on any atom is 0.316 e. The molecule has 0 bridgehead atoms. The highest BCUT2D eigenvalue weighted by Gasteiger charge is 1.94. The summed E-state index contributed by atoms with van der Waals surface area (Å²) in [7, 11) is 0. The van der Waals surface area contributed by atoms with Crippen molar-refractivity contribution in [1.29, 1.82) is 0 Å². The number of ether oxygens (including phenoxy) is 2. The molecule has 2 N–H and O–H groups in total. The van der Waals surface area contributed by atoms with E-state index in [-0.39, 0.29) is 61.4 Å². The van der Waals surface area contributed by atoms with Crippen LogP contribution in [0, 0.1) is 0 Å². The van der Waals surface area contributed by atoms with Crippen LogP contribution in [0.15, 0.2) is 0 Å². The second-order valence-electron chi connectivity index (χ2n) is 2.13. The van der Waals surface area contributed by atoms with Crippen molar-refractivity contribution >= 4 is 35.0 Å². The van der Waals surface area contributed by atoms with E-state index in [1.54, 1.807) is 0 Å². The summed E-state index contributed by atoms with van der Waals surface area (Å²) in [6.45, 7) is 2.62. The molecule has 0 aliphatic rings. The molecule has 7 heteroatoms. The number of carbonyl (C=O) groups excluding carboxylic acids is 2. The Morgan fingerprint density at radius 2 is 1.20 bits per heavy atom. The van der Waals surface area contributed by atoms with E-state index in [0.29, 0.717) is 0 Å². The number of carbonyl (C=O) groups is 2. The van der Waals surface area contributed by atoms with Gasteiger partial charge in [-0.05, 0) is 0 Å². The molecule has 0 aromatic carbocycles.